The highest BCUT2D eigenvalue weighted by Crippen LogP contribution is 1.98. The van der Waals surface area contributed by atoms with Crippen LogP contribution >= 0.6 is 0 Å². The van der Waals surface area contributed by atoms with Crippen molar-refractivity contribution >= 4 is 12.2 Å². The number of aliphatic imine (C=N–C) groups is 1. The van der Waals surface area contributed by atoms with Crippen LogP contribution in [0.5, 0.6) is 0 Å². The van der Waals surface area contributed by atoms with Crippen molar-refractivity contribution in [3.05, 3.63) is 48.3 Å². The predicted molar refractivity (Wildman–Crippen MR) is 71.2 cm³/mol. The molecule has 1 aliphatic heterocycles. The van der Waals surface area contributed by atoms with Gasteiger partial charge in [0.15, 0.2) is 6.34 Å². The van der Waals surface area contributed by atoms with Crippen LogP contribution in [0.4, 0.5) is 0 Å². The first kappa shape index (κ1) is 15.4. The molecule has 0 bridgehead atoms. The van der Waals surface area contributed by atoms with Crippen LogP contribution in [0, 0.1) is 0 Å². The summed E-state index contributed by atoms with van der Waals surface area (Å²) in [6, 6.07) is 9.79. The van der Waals surface area contributed by atoms with E-state index < -0.39 is 0 Å². The minimum atomic E-state index is 0. The van der Waals surface area contributed by atoms with Gasteiger partial charge in [0.05, 0.1) is 19.2 Å². The Balaban J connectivity index is 0.00000180. The molecule has 4 nitrogen and oxygen atoms in total. The molecule has 1 unspecified atom stereocenters. The molecular formula is C14H18ClN3O. The fourth-order valence-corrected chi connectivity index (χ4v) is 1.83. The summed E-state index contributed by atoms with van der Waals surface area (Å²) in [5.74, 6) is 0.0850. The van der Waals surface area contributed by atoms with Gasteiger partial charge in [-0.1, -0.05) is 30.3 Å². The Hall–Kier alpha value is -1.65. The van der Waals surface area contributed by atoms with E-state index in [0.717, 1.165) is 25.1 Å². The van der Waals surface area contributed by atoms with E-state index >= 15 is 0 Å². The summed E-state index contributed by atoms with van der Waals surface area (Å²) in [5.41, 5.74) is 1.05. The number of rotatable bonds is 6. The number of carbonyl (C=O) groups is 1. The van der Waals surface area contributed by atoms with Crippen LogP contribution in [0.15, 0.2) is 47.7 Å². The Labute approximate surface area is 119 Å². The van der Waals surface area contributed by atoms with Crippen molar-refractivity contribution in [3.63, 3.8) is 0 Å². The number of hydrogen-bond acceptors (Lipinski definition) is 2. The van der Waals surface area contributed by atoms with E-state index in [1.807, 2.05) is 42.9 Å². The van der Waals surface area contributed by atoms with E-state index in [9.17, 15) is 4.79 Å². The molecule has 2 N–H and O–H groups in total. The van der Waals surface area contributed by atoms with Crippen LogP contribution in [0.1, 0.15) is 12.0 Å². The quantitative estimate of drug-likeness (QED) is 0.541. The van der Waals surface area contributed by atoms with Gasteiger partial charge in [0.1, 0.15) is 6.20 Å². The second kappa shape index (κ2) is 8.45. The molecule has 0 spiro atoms. The van der Waals surface area contributed by atoms with Gasteiger partial charge in [-0.15, -0.1) is 0 Å². The van der Waals surface area contributed by atoms with Gasteiger partial charge < -0.3 is 17.7 Å². The molecule has 1 heterocycles. The van der Waals surface area contributed by atoms with Crippen LogP contribution < -0.4 is 22.6 Å². The number of benzene rings is 1. The number of quaternary nitrogens is 1. The summed E-state index contributed by atoms with van der Waals surface area (Å²) in [6.45, 7) is 1.68. The minimum Gasteiger partial charge on any atom is -1.00 e. The van der Waals surface area contributed by atoms with Crippen LogP contribution in [-0.2, 0) is 11.2 Å². The summed E-state index contributed by atoms with van der Waals surface area (Å²) >= 11 is 0. The van der Waals surface area contributed by atoms with Gasteiger partial charge in [-0.2, -0.15) is 0 Å². The Kier molecular flexibility index (Phi) is 6.85. The van der Waals surface area contributed by atoms with Crippen LogP contribution in [0.3, 0.4) is 0 Å². The van der Waals surface area contributed by atoms with Gasteiger partial charge in [0.2, 0.25) is 5.91 Å². The van der Waals surface area contributed by atoms with Crippen molar-refractivity contribution in [3.8, 4) is 0 Å². The second-order valence-corrected chi connectivity index (χ2v) is 4.28. The Morgan fingerprint density at radius 1 is 1.26 bits per heavy atom. The summed E-state index contributed by atoms with van der Waals surface area (Å²) in [4.78, 5) is 16.9. The van der Waals surface area contributed by atoms with Gasteiger partial charge in [0, 0.05) is 13.0 Å². The van der Waals surface area contributed by atoms with Crippen LogP contribution in [0.25, 0.3) is 0 Å². The van der Waals surface area contributed by atoms with Crippen molar-refractivity contribution in [1.29, 1.82) is 0 Å². The van der Waals surface area contributed by atoms with E-state index in [1.165, 1.54) is 4.90 Å². The SMILES string of the molecule is O=C(Cc1ccccc1)NCCC[NH+]1C=CN=C1.[Cl-]. The number of hydrogen-bond donors (Lipinski definition) is 2. The van der Waals surface area contributed by atoms with Crippen molar-refractivity contribution < 1.29 is 22.1 Å². The summed E-state index contributed by atoms with van der Waals surface area (Å²) in [5, 5.41) is 2.93. The lowest BCUT2D eigenvalue weighted by atomic mass is 10.1. The number of amides is 1. The predicted octanol–water partition coefficient (Wildman–Crippen LogP) is -2.86. The topological polar surface area (TPSA) is 45.9 Å². The zero-order valence-corrected chi connectivity index (χ0v) is 11.4. The second-order valence-electron chi connectivity index (χ2n) is 4.28. The van der Waals surface area contributed by atoms with Gasteiger partial charge >= 0.3 is 0 Å². The summed E-state index contributed by atoms with van der Waals surface area (Å²) < 4.78 is 0. The number of nitrogens with one attached hydrogen (secondary N) is 2. The van der Waals surface area contributed by atoms with Crippen LogP contribution in [-0.4, -0.2) is 25.3 Å². The third kappa shape index (κ3) is 5.68. The highest BCUT2D eigenvalue weighted by Gasteiger charge is 2.06. The van der Waals surface area contributed by atoms with E-state index in [0.29, 0.717) is 6.42 Å². The van der Waals surface area contributed by atoms with Crippen molar-refractivity contribution in [1.82, 2.24) is 5.32 Å². The maximum absolute atomic E-state index is 11.7. The molecule has 0 saturated heterocycles. The maximum Gasteiger partial charge on any atom is 0.224 e. The Morgan fingerprint density at radius 2 is 2.05 bits per heavy atom. The molecule has 1 atom stereocenters. The van der Waals surface area contributed by atoms with E-state index in [1.54, 1.807) is 6.20 Å². The first-order valence-electron chi connectivity index (χ1n) is 6.21. The van der Waals surface area contributed by atoms with Gasteiger partial charge in [0.25, 0.3) is 0 Å². The third-order valence-electron chi connectivity index (χ3n) is 2.79. The zero-order valence-electron chi connectivity index (χ0n) is 10.7. The largest absolute Gasteiger partial charge is 1.00 e. The van der Waals surface area contributed by atoms with Gasteiger partial charge in [-0.05, 0) is 5.56 Å². The molecule has 0 saturated carbocycles. The highest BCUT2D eigenvalue weighted by molar-refractivity contribution is 5.78. The van der Waals surface area contributed by atoms with E-state index in [-0.39, 0.29) is 18.3 Å². The molecule has 0 aromatic heterocycles. The van der Waals surface area contributed by atoms with Crippen molar-refractivity contribution in [2.45, 2.75) is 12.8 Å². The molecule has 1 aliphatic rings. The number of nitrogens with zero attached hydrogens (tertiary/aromatic N) is 1. The Morgan fingerprint density at radius 3 is 2.74 bits per heavy atom. The van der Waals surface area contributed by atoms with Crippen molar-refractivity contribution in [2.24, 2.45) is 4.99 Å². The van der Waals surface area contributed by atoms with Crippen LogP contribution in [0.2, 0.25) is 0 Å². The lowest BCUT2D eigenvalue weighted by Gasteiger charge is -2.07. The molecule has 5 heteroatoms. The molecule has 1 amide bonds. The molecular weight excluding hydrogens is 262 g/mol. The smallest absolute Gasteiger partial charge is 0.224 e. The molecule has 102 valence electrons. The summed E-state index contributed by atoms with van der Waals surface area (Å²) in [6.07, 6.45) is 7.08. The third-order valence-corrected chi connectivity index (χ3v) is 2.79. The lowest BCUT2D eigenvalue weighted by Crippen LogP contribution is -3.05. The molecule has 0 aliphatic carbocycles. The van der Waals surface area contributed by atoms with Gasteiger partial charge in [-0.3, -0.25) is 9.69 Å². The van der Waals surface area contributed by atoms with E-state index in [4.69, 9.17) is 0 Å². The molecule has 1 aromatic carbocycles. The molecule has 19 heavy (non-hydrogen) atoms. The molecule has 0 radical (unpaired) electrons. The normalized spacial score (nSPS) is 16.1. The number of halogens is 1. The fraction of sp³-hybridized carbons (Fsp3) is 0.286. The fourth-order valence-electron chi connectivity index (χ4n) is 1.83. The highest BCUT2D eigenvalue weighted by atomic mass is 35.5. The minimum absolute atomic E-state index is 0. The van der Waals surface area contributed by atoms with E-state index in [2.05, 4.69) is 10.3 Å². The average molecular weight is 280 g/mol. The lowest BCUT2D eigenvalue weighted by molar-refractivity contribution is -0.736. The maximum atomic E-state index is 11.7. The molecule has 1 aromatic rings. The zero-order chi connectivity index (χ0) is 12.6. The molecule has 0 fully saturated rings. The average Bonchev–Trinajstić information content (AvgIpc) is 2.89. The monoisotopic (exact) mass is 279 g/mol. The Bertz CT molecular complexity index is 433. The first-order valence-corrected chi connectivity index (χ1v) is 6.21. The van der Waals surface area contributed by atoms with Crippen molar-refractivity contribution in [2.75, 3.05) is 13.1 Å². The number of carbonyl (C=O) groups excluding carboxylic acids is 1. The standard InChI is InChI=1S/C14H17N3O.ClH/c18-14(11-13-5-2-1-3-6-13)16-7-4-9-17-10-8-15-12-17;/h1-3,5-6,8,10,12H,4,7,9,11H2,(H,16,18);1H. The van der Waals surface area contributed by atoms with Gasteiger partial charge in [-0.25, -0.2) is 4.99 Å². The summed E-state index contributed by atoms with van der Waals surface area (Å²) in [7, 11) is 0. The molecule has 2 rings (SSSR count). The first-order chi connectivity index (χ1) is 8.84.